The maximum absolute atomic E-state index is 12.4. The minimum atomic E-state index is -0.247. The number of anilines is 1. The van der Waals surface area contributed by atoms with Crippen LogP contribution in [0, 0.1) is 6.92 Å². The van der Waals surface area contributed by atoms with Gasteiger partial charge in [-0.05, 0) is 43.3 Å². The molecule has 0 fully saturated rings. The smallest absolute Gasteiger partial charge is 0.275 e. The maximum atomic E-state index is 12.4. The quantitative estimate of drug-likeness (QED) is 0.512. The number of aryl methyl sites for hydroxylation is 1. The van der Waals surface area contributed by atoms with Crippen LogP contribution in [0.25, 0.3) is 4.96 Å². The van der Waals surface area contributed by atoms with Crippen molar-refractivity contribution in [2.75, 3.05) is 12.4 Å². The van der Waals surface area contributed by atoms with Crippen LogP contribution in [0.15, 0.2) is 59.4 Å². The van der Waals surface area contributed by atoms with E-state index < -0.39 is 0 Å². The maximum Gasteiger partial charge on any atom is 0.275 e. The van der Waals surface area contributed by atoms with E-state index in [9.17, 15) is 9.59 Å². The third kappa shape index (κ3) is 4.31. The number of aromatic nitrogens is 3. The van der Waals surface area contributed by atoms with Gasteiger partial charge < -0.3 is 14.8 Å². The Morgan fingerprint density at radius 2 is 1.93 bits per heavy atom. The van der Waals surface area contributed by atoms with E-state index in [4.69, 9.17) is 9.47 Å². The third-order valence-electron chi connectivity index (χ3n) is 4.23. The highest BCUT2D eigenvalue weighted by molar-refractivity contribution is 7.16. The van der Waals surface area contributed by atoms with Crippen LogP contribution in [-0.2, 0) is 6.61 Å². The van der Waals surface area contributed by atoms with Gasteiger partial charge in [-0.15, -0.1) is 0 Å². The van der Waals surface area contributed by atoms with Crippen molar-refractivity contribution in [2.45, 2.75) is 13.5 Å². The molecule has 0 aliphatic heterocycles. The first-order valence-corrected chi connectivity index (χ1v) is 9.88. The van der Waals surface area contributed by atoms with E-state index in [1.165, 1.54) is 21.9 Å². The molecule has 4 rings (SSSR count). The number of hydrogen-bond donors (Lipinski definition) is 1. The van der Waals surface area contributed by atoms with Gasteiger partial charge >= 0.3 is 0 Å². The summed E-state index contributed by atoms with van der Waals surface area (Å²) < 4.78 is 12.1. The number of fused-ring (bicyclic) bond motifs is 1. The average molecular weight is 422 g/mol. The van der Waals surface area contributed by atoms with E-state index in [0.717, 1.165) is 5.01 Å². The van der Waals surface area contributed by atoms with Crippen LogP contribution < -0.4 is 20.3 Å². The van der Waals surface area contributed by atoms with Crippen LogP contribution in [0.3, 0.4) is 0 Å². The lowest BCUT2D eigenvalue weighted by Crippen LogP contribution is -2.16. The van der Waals surface area contributed by atoms with Crippen LogP contribution in [0.1, 0.15) is 21.1 Å². The van der Waals surface area contributed by atoms with Gasteiger partial charge in [0, 0.05) is 23.4 Å². The van der Waals surface area contributed by atoms with E-state index in [-0.39, 0.29) is 18.1 Å². The second kappa shape index (κ2) is 8.34. The Bertz CT molecular complexity index is 1260. The average Bonchev–Trinajstić information content (AvgIpc) is 3.13. The predicted molar refractivity (Wildman–Crippen MR) is 114 cm³/mol. The predicted octanol–water partition coefficient (Wildman–Crippen LogP) is 3.30. The molecule has 0 aliphatic carbocycles. The second-order valence-electron chi connectivity index (χ2n) is 6.40. The molecular formula is C21H18N4O4S. The Hall–Kier alpha value is -3.72. The molecule has 0 spiro atoms. The molecule has 1 N–H and O–H groups in total. The molecule has 0 saturated carbocycles. The Morgan fingerprint density at radius 3 is 2.70 bits per heavy atom. The summed E-state index contributed by atoms with van der Waals surface area (Å²) in [7, 11) is 1.57. The summed E-state index contributed by atoms with van der Waals surface area (Å²) in [5, 5.41) is 7.72. The Morgan fingerprint density at radius 1 is 1.13 bits per heavy atom. The number of nitrogens with one attached hydrogen (secondary N) is 1. The van der Waals surface area contributed by atoms with E-state index in [2.05, 4.69) is 15.4 Å². The first-order valence-electron chi connectivity index (χ1n) is 9.06. The van der Waals surface area contributed by atoms with Crippen LogP contribution in [-0.4, -0.2) is 27.6 Å². The van der Waals surface area contributed by atoms with Gasteiger partial charge in [-0.25, -0.2) is 4.98 Å². The lowest BCUT2D eigenvalue weighted by molar-refractivity contribution is 0.102. The molecule has 2 aromatic heterocycles. The molecule has 152 valence electrons. The number of ether oxygens (including phenoxy) is 2. The molecule has 0 saturated heterocycles. The third-order valence-corrected chi connectivity index (χ3v) is 5.05. The first-order chi connectivity index (χ1) is 14.5. The fourth-order valence-corrected chi connectivity index (χ4v) is 3.56. The van der Waals surface area contributed by atoms with Gasteiger partial charge in [0.25, 0.3) is 11.5 Å². The fourth-order valence-electron chi connectivity index (χ4n) is 2.79. The zero-order chi connectivity index (χ0) is 21.1. The van der Waals surface area contributed by atoms with E-state index in [0.29, 0.717) is 33.4 Å². The number of nitrogens with zero attached hydrogens (tertiary/aromatic N) is 3. The van der Waals surface area contributed by atoms with Gasteiger partial charge in [0.2, 0.25) is 4.96 Å². The van der Waals surface area contributed by atoms with E-state index in [1.54, 1.807) is 55.6 Å². The lowest BCUT2D eigenvalue weighted by atomic mass is 10.2. The number of methoxy groups -OCH3 is 1. The molecule has 2 heterocycles. The van der Waals surface area contributed by atoms with Gasteiger partial charge in [0.05, 0.1) is 12.8 Å². The minimum Gasteiger partial charge on any atom is -0.497 e. The monoisotopic (exact) mass is 422 g/mol. The van der Waals surface area contributed by atoms with Crippen molar-refractivity contribution in [1.29, 1.82) is 0 Å². The van der Waals surface area contributed by atoms with Gasteiger partial charge in [-0.3, -0.25) is 9.59 Å². The summed E-state index contributed by atoms with van der Waals surface area (Å²) in [6, 6.07) is 15.3. The Kier molecular flexibility index (Phi) is 5.44. The van der Waals surface area contributed by atoms with Crippen LogP contribution in [0.2, 0.25) is 0 Å². The van der Waals surface area contributed by atoms with Gasteiger partial charge in [0.1, 0.15) is 23.1 Å². The number of rotatable bonds is 6. The zero-order valence-corrected chi connectivity index (χ0v) is 17.1. The summed E-state index contributed by atoms with van der Waals surface area (Å²) in [6.07, 6.45) is 0. The normalized spacial score (nSPS) is 10.7. The standard InChI is InChI=1S/C21H18N4O4S/c1-13-24-25-19(26)11-16(23-21(25)30-13)12-29-18-5-3-4-15(10-18)22-20(27)14-6-8-17(28-2)9-7-14/h3-11H,12H2,1-2H3,(H,22,27). The van der Waals surface area contributed by atoms with E-state index in [1.807, 2.05) is 6.92 Å². The summed E-state index contributed by atoms with van der Waals surface area (Å²) in [6.45, 7) is 1.94. The molecule has 9 heteroatoms. The largest absolute Gasteiger partial charge is 0.497 e. The molecule has 0 bridgehead atoms. The summed E-state index contributed by atoms with van der Waals surface area (Å²) in [5.74, 6) is 0.988. The van der Waals surface area contributed by atoms with Crippen molar-refractivity contribution in [3.63, 3.8) is 0 Å². The molecular weight excluding hydrogens is 404 g/mol. The fraction of sp³-hybridized carbons (Fsp3) is 0.143. The molecule has 2 aromatic carbocycles. The van der Waals surface area contributed by atoms with Crippen LogP contribution in [0.5, 0.6) is 11.5 Å². The highest BCUT2D eigenvalue weighted by atomic mass is 32.1. The number of benzene rings is 2. The van der Waals surface area contributed by atoms with Crippen molar-refractivity contribution in [3.8, 4) is 11.5 Å². The minimum absolute atomic E-state index is 0.124. The van der Waals surface area contributed by atoms with Crippen LogP contribution >= 0.6 is 11.3 Å². The van der Waals surface area contributed by atoms with Crippen LogP contribution in [0.4, 0.5) is 5.69 Å². The molecule has 30 heavy (non-hydrogen) atoms. The number of carbonyl (C=O) groups is 1. The topological polar surface area (TPSA) is 94.8 Å². The van der Waals surface area contributed by atoms with Crippen molar-refractivity contribution < 1.29 is 14.3 Å². The highest BCUT2D eigenvalue weighted by Gasteiger charge is 2.09. The number of amides is 1. The van der Waals surface area contributed by atoms with Crippen molar-refractivity contribution in [3.05, 3.63) is 81.2 Å². The van der Waals surface area contributed by atoms with Gasteiger partial charge in [-0.1, -0.05) is 17.4 Å². The van der Waals surface area contributed by atoms with Crippen molar-refractivity contribution >= 4 is 27.9 Å². The molecule has 0 unspecified atom stereocenters. The molecule has 0 atom stereocenters. The number of carbonyl (C=O) groups excluding carboxylic acids is 1. The second-order valence-corrected chi connectivity index (χ2v) is 7.56. The highest BCUT2D eigenvalue weighted by Crippen LogP contribution is 2.20. The first kappa shape index (κ1) is 19.6. The van der Waals surface area contributed by atoms with E-state index >= 15 is 0 Å². The Labute approximate surface area is 175 Å². The molecule has 0 radical (unpaired) electrons. The summed E-state index contributed by atoms with van der Waals surface area (Å²) in [5.41, 5.74) is 1.37. The summed E-state index contributed by atoms with van der Waals surface area (Å²) in [4.78, 5) is 29.5. The Balaban J connectivity index is 1.44. The zero-order valence-electron chi connectivity index (χ0n) is 16.3. The van der Waals surface area contributed by atoms with Gasteiger partial charge in [0.15, 0.2) is 0 Å². The number of hydrogen-bond acceptors (Lipinski definition) is 7. The van der Waals surface area contributed by atoms with Crippen molar-refractivity contribution in [2.24, 2.45) is 0 Å². The summed E-state index contributed by atoms with van der Waals surface area (Å²) >= 11 is 1.34. The lowest BCUT2D eigenvalue weighted by Gasteiger charge is -2.09. The van der Waals surface area contributed by atoms with Gasteiger partial charge in [-0.2, -0.15) is 9.61 Å². The molecule has 1 amide bonds. The SMILES string of the molecule is COc1ccc(C(=O)Nc2cccc(OCc3cc(=O)n4nc(C)sc4n3)c2)cc1. The molecule has 0 aliphatic rings. The molecule has 4 aromatic rings. The molecule has 8 nitrogen and oxygen atoms in total. The van der Waals surface area contributed by atoms with Crippen molar-refractivity contribution in [1.82, 2.24) is 14.6 Å².